The largest absolute Gasteiger partial charge is 0.272 e. The first-order chi connectivity index (χ1) is 9.99. The Hall–Kier alpha value is -2.08. The Morgan fingerprint density at radius 3 is 2.43 bits per heavy atom. The molecule has 0 unspecified atom stereocenters. The lowest BCUT2D eigenvalue weighted by Gasteiger charge is -2.23. The topological polar surface area (TPSA) is 89.0 Å². The summed E-state index contributed by atoms with van der Waals surface area (Å²) < 4.78 is 0. The van der Waals surface area contributed by atoms with E-state index in [4.69, 9.17) is 23.2 Å². The summed E-state index contributed by atoms with van der Waals surface area (Å²) in [6.45, 7) is 1.68. The third-order valence-electron chi connectivity index (χ3n) is 3.40. The van der Waals surface area contributed by atoms with Gasteiger partial charge in [0.2, 0.25) is 5.91 Å². The number of hydrazone groups is 1. The summed E-state index contributed by atoms with van der Waals surface area (Å²) in [4.78, 5) is 12.0. The summed E-state index contributed by atoms with van der Waals surface area (Å²) in [7, 11) is 0. The summed E-state index contributed by atoms with van der Waals surface area (Å²) in [5.74, 6) is -2.66. The number of amides is 1. The lowest BCUT2D eigenvalue weighted by Crippen LogP contribution is -2.32. The Morgan fingerprint density at radius 1 is 1.29 bits per heavy atom. The molecular formula is C14H10Cl2N4O. The summed E-state index contributed by atoms with van der Waals surface area (Å²) in [6.07, 6.45) is 0. The van der Waals surface area contributed by atoms with E-state index in [-0.39, 0.29) is 5.91 Å². The number of benzene rings is 1. The maximum atomic E-state index is 12.0. The number of halogens is 2. The predicted molar refractivity (Wildman–Crippen MR) is 78.7 cm³/mol. The van der Waals surface area contributed by atoms with Crippen molar-refractivity contribution in [2.45, 2.75) is 12.8 Å². The Morgan fingerprint density at radius 2 is 1.95 bits per heavy atom. The molecule has 0 saturated carbocycles. The maximum absolute atomic E-state index is 12.0. The van der Waals surface area contributed by atoms with Gasteiger partial charge in [-0.05, 0) is 24.6 Å². The van der Waals surface area contributed by atoms with Crippen molar-refractivity contribution in [1.82, 2.24) is 5.43 Å². The number of hydrogen-bond acceptors (Lipinski definition) is 4. The van der Waals surface area contributed by atoms with Crippen molar-refractivity contribution in [2.75, 3.05) is 0 Å². The van der Waals surface area contributed by atoms with Crippen LogP contribution in [0.25, 0.3) is 0 Å². The highest BCUT2D eigenvalue weighted by atomic mass is 35.5. The highest BCUT2D eigenvalue weighted by Gasteiger charge is 2.40. The molecule has 1 aliphatic heterocycles. The molecule has 1 aliphatic rings. The first-order valence-electron chi connectivity index (χ1n) is 6.07. The van der Waals surface area contributed by atoms with Crippen molar-refractivity contribution in [3.8, 4) is 12.1 Å². The lowest BCUT2D eigenvalue weighted by molar-refractivity contribution is -0.122. The van der Waals surface area contributed by atoms with Crippen LogP contribution in [-0.2, 0) is 4.79 Å². The third kappa shape index (κ3) is 2.85. The molecule has 106 valence electrons. The summed E-state index contributed by atoms with van der Waals surface area (Å²) in [5.41, 5.74) is 3.51. The smallest absolute Gasteiger partial charge is 0.249 e. The van der Waals surface area contributed by atoms with Crippen LogP contribution < -0.4 is 5.43 Å². The van der Waals surface area contributed by atoms with Gasteiger partial charge in [0.15, 0.2) is 0 Å². The van der Waals surface area contributed by atoms with Crippen molar-refractivity contribution in [3.63, 3.8) is 0 Å². The molecule has 0 aliphatic carbocycles. The van der Waals surface area contributed by atoms with Crippen LogP contribution in [0, 0.1) is 34.5 Å². The third-order valence-corrected chi connectivity index (χ3v) is 4.14. The van der Waals surface area contributed by atoms with Crippen LogP contribution in [0.5, 0.6) is 0 Å². The number of carbonyl (C=O) groups is 1. The zero-order chi connectivity index (χ0) is 15.6. The van der Waals surface area contributed by atoms with E-state index in [0.29, 0.717) is 21.3 Å². The Bertz CT molecular complexity index is 688. The van der Waals surface area contributed by atoms with Gasteiger partial charge >= 0.3 is 0 Å². The van der Waals surface area contributed by atoms with Gasteiger partial charge in [-0.2, -0.15) is 15.6 Å². The summed E-state index contributed by atoms with van der Waals surface area (Å²) >= 11 is 11.9. The normalized spacial score (nSPS) is 18.7. The zero-order valence-electron chi connectivity index (χ0n) is 11.0. The van der Waals surface area contributed by atoms with E-state index in [1.54, 1.807) is 25.1 Å². The number of nitrogens with zero attached hydrogens (tertiary/aromatic N) is 3. The maximum Gasteiger partial charge on any atom is 0.249 e. The van der Waals surface area contributed by atoms with E-state index in [2.05, 4.69) is 10.5 Å². The number of nitrogens with one attached hydrogen (secondary N) is 1. The average Bonchev–Trinajstić information content (AvgIpc) is 2.79. The van der Waals surface area contributed by atoms with Gasteiger partial charge in [-0.1, -0.05) is 29.3 Å². The minimum atomic E-state index is -0.999. The molecular weight excluding hydrogens is 311 g/mol. The van der Waals surface area contributed by atoms with Crippen molar-refractivity contribution >= 4 is 34.8 Å². The fourth-order valence-corrected chi connectivity index (χ4v) is 2.69. The van der Waals surface area contributed by atoms with E-state index in [0.717, 1.165) is 0 Å². The molecule has 1 aromatic carbocycles. The van der Waals surface area contributed by atoms with Crippen LogP contribution in [0.2, 0.25) is 10.0 Å². The second-order valence-corrected chi connectivity index (χ2v) is 5.46. The summed E-state index contributed by atoms with van der Waals surface area (Å²) in [5, 5.41) is 23.0. The van der Waals surface area contributed by atoms with Crippen LogP contribution >= 0.6 is 23.2 Å². The molecule has 0 saturated heterocycles. The number of hydrogen-bond donors (Lipinski definition) is 1. The van der Waals surface area contributed by atoms with Gasteiger partial charge in [0.25, 0.3) is 0 Å². The Balaban J connectivity index is 2.54. The van der Waals surface area contributed by atoms with Crippen molar-refractivity contribution in [1.29, 1.82) is 10.5 Å². The first-order valence-corrected chi connectivity index (χ1v) is 6.83. The molecule has 7 heteroatoms. The fourth-order valence-electron chi connectivity index (χ4n) is 2.38. The van der Waals surface area contributed by atoms with E-state index in [1.807, 2.05) is 12.1 Å². The molecule has 1 heterocycles. The zero-order valence-corrected chi connectivity index (χ0v) is 12.5. The van der Waals surface area contributed by atoms with Crippen molar-refractivity contribution in [2.24, 2.45) is 16.9 Å². The molecule has 2 atom stereocenters. The van der Waals surface area contributed by atoms with Gasteiger partial charge in [0.1, 0.15) is 5.92 Å². The van der Waals surface area contributed by atoms with Crippen molar-refractivity contribution in [3.05, 3.63) is 33.8 Å². The molecule has 0 bridgehead atoms. The monoisotopic (exact) mass is 320 g/mol. The standard InChI is InChI=1S/C14H10Cl2N4O/c1-7-12(14(21)20-19-7)13(9(5-17)6-18)8-2-3-10(15)11(16)4-8/h2-4,9,12-13H,1H3,(H,20,21)/t12-,13+/m1/s1. The number of nitriles is 2. The van der Waals surface area contributed by atoms with E-state index in [9.17, 15) is 15.3 Å². The molecule has 1 N–H and O–H groups in total. The SMILES string of the molecule is CC1=NNC(=O)[C@H]1[C@@H](c1ccc(Cl)c(Cl)c1)C(C#N)C#N. The molecule has 1 amide bonds. The average molecular weight is 321 g/mol. The molecule has 1 aromatic rings. The minimum Gasteiger partial charge on any atom is -0.272 e. The molecule has 0 aromatic heterocycles. The van der Waals surface area contributed by atoms with Gasteiger partial charge < -0.3 is 0 Å². The molecule has 21 heavy (non-hydrogen) atoms. The molecule has 5 nitrogen and oxygen atoms in total. The second-order valence-electron chi connectivity index (χ2n) is 4.64. The predicted octanol–water partition coefficient (Wildman–Crippen LogP) is 2.86. The van der Waals surface area contributed by atoms with Crippen molar-refractivity contribution < 1.29 is 4.79 Å². The van der Waals surface area contributed by atoms with Crippen LogP contribution in [0.15, 0.2) is 23.3 Å². The van der Waals surface area contributed by atoms with Crippen LogP contribution in [0.4, 0.5) is 0 Å². The first kappa shape index (κ1) is 15.3. The van der Waals surface area contributed by atoms with Gasteiger partial charge in [0.05, 0.1) is 28.1 Å². The Labute approximate surface area is 131 Å². The molecule has 2 rings (SSSR count). The Kier molecular flexibility index (Phi) is 4.47. The lowest BCUT2D eigenvalue weighted by atomic mass is 9.76. The second kappa shape index (κ2) is 6.13. The molecule has 0 spiro atoms. The highest BCUT2D eigenvalue weighted by molar-refractivity contribution is 6.42. The van der Waals surface area contributed by atoms with E-state index >= 15 is 0 Å². The van der Waals surface area contributed by atoms with Gasteiger partial charge in [-0.3, -0.25) is 4.79 Å². The molecule has 0 fully saturated rings. The van der Waals surface area contributed by atoms with Crippen LogP contribution in [0.3, 0.4) is 0 Å². The van der Waals surface area contributed by atoms with Crippen LogP contribution in [-0.4, -0.2) is 11.6 Å². The molecule has 0 radical (unpaired) electrons. The van der Waals surface area contributed by atoms with E-state index in [1.165, 1.54) is 0 Å². The fraction of sp³-hybridized carbons (Fsp3) is 0.286. The van der Waals surface area contributed by atoms with Gasteiger partial charge in [0, 0.05) is 11.6 Å². The number of rotatable bonds is 3. The number of carbonyl (C=O) groups excluding carboxylic acids is 1. The minimum absolute atomic E-state index is 0.307. The van der Waals surface area contributed by atoms with Crippen LogP contribution in [0.1, 0.15) is 18.4 Å². The van der Waals surface area contributed by atoms with Gasteiger partial charge in [-0.25, -0.2) is 5.43 Å². The van der Waals surface area contributed by atoms with E-state index < -0.39 is 17.8 Å². The highest BCUT2D eigenvalue weighted by Crippen LogP contribution is 2.37. The summed E-state index contributed by atoms with van der Waals surface area (Å²) in [6, 6.07) is 8.69. The van der Waals surface area contributed by atoms with Gasteiger partial charge in [-0.15, -0.1) is 0 Å². The quantitative estimate of drug-likeness (QED) is 0.928.